The Hall–Kier alpha value is -2.96. The summed E-state index contributed by atoms with van der Waals surface area (Å²) in [7, 11) is 3.24. The van der Waals surface area contributed by atoms with Gasteiger partial charge in [-0.15, -0.1) is 5.10 Å². The molecule has 0 fully saturated rings. The van der Waals surface area contributed by atoms with Crippen molar-refractivity contribution in [3.8, 4) is 11.5 Å². The maximum absolute atomic E-state index is 5.45. The van der Waals surface area contributed by atoms with E-state index in [-0.39, 0.29) is 0 Å². The summed E-state index contributed by atoms with van der Waals surface area (Å²) < 4.78 is 10.8. The predicted octanol–water partition coefficient (Wildman–Crippen LogP) is 3.11. The zero-order chi connectivity index (χ0) is 17.3. The number of anilines is 2. The highest BCUT2D eigenvalue weighted by Crippen LogP contribution is 2.33. The van der Waals surface area contributed by atoms with Crippen LogP contribution in [0.1, 0.15) is 17.0 Å². The van der Waals surface area contributed by atoms with E-state index in [9.17, 15) is 0 Å². The molecule has 0 unspecified atom stereocenters. The Labute approximate surface area is 140 Å². The van der Waals surface area contributed by atoms with Crippen molar-refractivity contribution in [2.24, 2.45) is 0 Å². The predicted molar refractivity (Wildman–Crippen MR) is 92.2 cm³/mol. The highest BCUT2D eigenvalue weighted by Gasteiger charge is 2.12. The standard InChI is InChI=1S/C17H19N5O2/c1-9-6-15(20-17-18-10(2)11(3)21-22-17)19-16-13(9)7-12(23-4)8-14(16)24-5/h6-8H,1-5H3,(H,18,19,20,22). The first-order valence-electron chi connectivity index (χ1n) is 7.50. The molecule has 7 heteroatoms. The van der Waals surface area contributed by atoms with Gasteiger partial charge in [-0.25, -0.2) is 9.97 Å². The lowest BCUT2D eigenvalue weighted by molar-refractivity contribution is 0.397. The Morgan fingerprint density at radius 3 is 2.33 bits per heavy atom. The van der Waals surface area contributed by atoms with Crippen molar-refractivity contribution >= 4 is 22.7 Å². The van der Waals surface area contributed by atoms with Gasteiger partial charge in [-0.2, -0.15) is 5.10 Å². The molecule has 3 aromatic rings. The monoisotopic (exact) mass is 325 g/mol. The maximum Gasteiger partial charge on any atom is 0.248 e. The van der Waals surface area contributed by atoms with Crippen molar-refractivity contribution in [2.75, 3.05) is 19.5 Å². The summed E-state index contributed by atoms with van der Waals surface area (Å²) in [6.07, 6.45) is 0. The second-order valence-corrected chi connectivity index (χ2v) is 5.48. The molecule has 0 amide bonds. The molecule has 2 heterocycles. The van der Waals surface area contributed by atoms with Gasteiger partial charge in [0.05, 0.1) is 25.6 Å². The molecule has 7 nitrogen and oxygen atoms in total. The van der Waals surface area contributed by atoms with E-state index >= 15 is 0 Å². The van der Waals surface area contributed by atoms with Crippen molar-refractivity contribution < 1.29 is 9.47 Å². The second kappa shape index (κ2) is 6.27. The zero-order valence-corrected chi connectivity index (χ0v) is 14.3. The van der Waals surface area contributed by atoms with Crippen LogP contribution >= 0.6 is 0 Å². The SMILES string of the molecule is COc1cc(OC)c2nc(Nc3nnc(C)c(C)n3)cc(C)c2c1. The van der Waals surface area contributed by atoms with E-state index in [0.717, 1.165) is 33.6 Å². The number of rotatable bonds is 4. The quantitative estimate of drug-likeness (QED) is 0.789. The van der Waals surface area contributed by atoms with E-state index < -0.39 is 0 Å². The summed E-state index contributed by atoms with van der Waals surface area (Å²) in [5.41, 5.74) is 3.42. The highest BCUT2D eigenvalue weighted by molar-refractivity contribution is 5.90. The van der Waals surface area contributed by atoms with Crippen LogP contribution in [0.5, 0.6) is 11.5 Å². The molecule has 0 saturated carbocycles. The number of nitrogens with one attached hydrogen (secondary N) is 1. The highest BCUT2D eigenvalue weighted by atomic mass is 16.5. The number of aromatic nitrogens is 4. The molecule has 0 aliphatic heterocycles. The van der Waals surface area contributed by atoms with Gasteiger partial charge >= 0.3 is 0 Å². The number of pyridine rings is 1. The molecule has 0 spiro atoms. The Morgan fingerprint density at radius 2 is 1.67 bits per heavy atom. The molecule has 0 aliphatic carbocycles. The van der Waals surface area contributed by atoms with Crippen LogP contribution in [-0.4, -0.2) is 34.4 Å². The molecule has 1 aromatic carbocycles. The van der Waals surface area contributed by atoms with Crippen LogP contribution in [0.25, 0.3) is 10.9 Å². The van der Waals surface area contributed by atoms with Gasteiger partial charge in [0, 0.05) is 11.5 Å². The molecule has 0 saturated heterocycles. The third-order valence-corrected chi connectivity index (χ3v) is 3.85. The minimum atomic E-state index is 0.414. The summed E-state index contributed by atoms with van der Waals surface area (Å²) in [4.78, 5) is 9.00. The number of fused-ring (bicyclic) bond motifs is 1. The first kappa shape index (κ1) is 15.9. The van der Waals surface area contributed by atoms with Crippen LogP contribution < -0.4 is 14.8 Å². The number of benzene rings is 1. The van der Waals surface area contributed by atoms with Crippen molar-refractivity contribution in [1.82, 2.24) is 20.2 Å². The lowest BCUT2D eigenvalue weighted by Gasteiger charge is -2.12. The first-order valence-corrected chi connectivity index (χ1v) is 7.50. The lowest BCUT2D eigenvalue weighted by Crippen LogP contribution is -2.04. The number of hydrogen-bond donors (Lipinski definition) is 1. The number of methoxy groups -OCH3 is 2. The van der Waals surface area contributed by atoms with Crippen molar-refractivity contribution in [3.63, 3.8) is 0 Å². The molecule has 3 rings (SSSR count). The van der Waals surface area contributed by atoms with Crippen LogP contribution in [0, 0.1) is 20.8 Å². The Kier molecular flexibility index (Phi) is 4.16. The van der Waals surface area contributed by atoms with Gasteiger partial charge in [0.2, 0.25) is 5.95 Å². The van der Waals surface area contributed by atoms with Crippen molar-refractivity contribution in [3.05, 3.63) is 35.2 Å². The van der Waals surface area contributed by atoms with Gasteiger partial charge < -0.3 is 14.8 Å². The smallest absolute Gasteiger partial charge is 0.248 e. The second-order valence-electron chi connectivity index (χ2n) is 5.48. The van der Waals surface area contributed by atoms with Gasteiger partial charge in [0.15, 0.2) is 0 Å². The molecule has 0 atom stereocenters. The largest absolute Gasteiger partial charge is 0.497 e. The van der Waals surface area contributed by atoms with E-state index in [0.29, 0.717) is 17.5 Å². The minimum absolute atomic E-state index is 0.414. The summed E-state index contributed by atoms with van der Waals surface area (Å²) in [5.74, 6) is 2.42. The summed E-state index contributed by atoms with van der Waals surface area (Å²) >= 11 is 0. The van der Waals surface area contributed by atoms with Crippen LogP contribution in [0.15, 0.2) is 18.2 Å². The van der Waals surface area contributed by atoms with E-state index in [1.807, 2.05) is 39.0 Å². The topological polar surface area (TPSA) is 82.0 Å². The number of nitrogens with zero attached hydrogens (tertiary/aromatic N) is 4. The van der Waals surface area contributed by atoms with Crippen LogP contribution in [0.2, 0.25) is 0 Å². The van der Waals surface area contributed by atoms with E-state index in [4.69, 9.17) is 9.47 Å². The molecular weight excluding hydrogens is 306 g/mol. The maximum atomic E-state index is 5.45. The van der Waals surface area contributed by atoms with Gasteiger partial charge in [0.1, 0.15) is 22.8 Å². The Balaban J connectivity index is 2.08. The van der Waals surface area contributed by atoms with Crippen molar-refractivity contribution in [1.29, 1.82) is 0 Å². The van der Waals surface area contributed by atoms with E-state index in [1.54, 1.807) is 14.2 Å². The summed E-state index contributed by atoms with van der Waals surface area (Å²) in [6.45, 7) is 5.77. The van der Waals surface area contributed by atoms with Gasteiger partial charge in [0.25, 0.3) is 0 Å². The molecular formula is C17H19N5O2. The molecule has 0 bridgehead atoms. The molecule has 1 N–H and O–H groups in total. The van der Waals surface area contributed by atoms with Gasteiger partial charge in [-0.3, -0.25) is 0 Å². The minimum Gasteiger partial charge on any atom is -0.497 e. The number of ether oxygens (including phenoxy) is 2. The number of hydrogen-bond acceptors (Lipinski definition) is 7. The van der Waals surface area contributed by atoms with Gasteiger partial charge in [-0.1, -0.05) is 0 Å². The van der Waals surface area contributed by atoms with E-state index in [2.05, 4.69) is 25.5 Å². The molecule has 2 aromatic heterocycles. The zero-order valence-electron chi connectivity index (χ0n) is 14.3. The molecule has 24 heavy (non-hydrogen) atoms. The molecule has 124 valence electrons. The average Bonchev–Trinajstić information content (AvgIpc) is 2.57. The number of aryl methyl sites for hydroxylation is 3. The normalized spacial score (nSPS) is 10.7. The van der Waals surface area contributed by atoms with Crippen LogP contribution in [0.4, 0.5) is 11.8 Å². The van der Waals surface area contributed by atoms with Crippen LogP contribution in [0.3, 0.4) is 0 Å². The van der Waals surface area contributed by atoms with E-state index in [1.165, 1.54) is 0 Å². The van der Waals surface area contributed by atoms with Crippen molar-refractivity contribution in [2.45, 2.75) is 20.8 Å². The summed E-state index contributed by atoms with van der Waals surface area (Å²) in [5, 5.41) is 12.2. The first-order chi connectivity index (χ1) is 11.5. The van der Waals surface area contributed by atoms with Gasteiger partial charge in [-0.05, 0) is 38.5 Å². The molecule has 0 radical (unpaired) electrons. The fraction of sp³-hybridized carbons (Fsp3) is 0.294. The summed E-state index contributed by atoms with van der Waals surface area (Å²) in [6, 6.07) is 5.68. The lowest BCUT2D eigenvalue weighted by atomic mass is 10.1. The van der Waals surface area contributed by atoms with Crippen LogP contribution in [-0.2, 0) is 0 Å². The molecule has 0 aliphatic rings. The Morgan fingerprint density at radius 1 is 0.875 bits per heavy atom. The fourth-order valence-electron chi connectivity index (χ4n) is 2.40. The average molecular weight is 325 g/mol. The fourth-order valence-corrected chi connectivity index (χ4v) is 2.40. The third kappa shape index (κ3) is 2.92. The third-order valence-electron chi connectivity index (χ3n) is 3.85. The Bertz CT molecular complexity index is 911.